The van der Waals surface area contributed by atoms with E-state index >= 15 is 0 Å². The minimum Gasteiger partial charge on any atom is -0.347 e. The first-order chi connectivity index (χ1) is 6.20. The molecule has 1 aromatic carbocycles. The summed E-state index contributed by atoms with van der Waals surface area (Å²) in [7, 11) is 3.84. The van der Waals surface area contributed by atoms with E-state index in [1.807, 2.05) is 43.3 Å². The van der Waals surface area contributed by atoms with Crippen LogP contribution in [0, 0.1) is 0 Å². The Morgan fingerprint density at radius 3 is 2.62 bits per heavy atom. The zero-order chi connectivity index (χ0) is 9.42. The van der Waals surface area contributed by atoms with Crippen LogP contribution in [0.2, 0.25) is 0 Å². The minimum absolute atomic E-state index is 0.765. The zero-order valence-electron chi connectivity index (χ0n) is 7.73. The minimum atomic E-state index is 0.765. The Hall–Kier alpha value is -1.71. The molecule has 0 saturated heterocycles. The lowest BCUT2D eigenvalue weighted by Gasteiger charge is -2.10. The molecular formula is C9H12N4. The lowest BCUT2D eigenvalue weighted by Crippen LogP contribution is -2.19. The Kier molecular flexibility index (Phi) is 1.62. The van der Waals surface area contributed by atoms with E-state index in [-0.39, 0.29) is 0 Å². The van der Waals surface area contributed by atoms with Crippen LogP contribution in [0.3, 0.4) is 0 Å². The Labute approximate surface area is 76.6 Å². The van der Waals surface area contributed by atoms with E-state index in [2.05, 4.69) is 4.98 Å². The summed E-state index contributed by atoms with van der Waals surface area (Å²) in [5.41, 5.74) is 1.87. The molecule has 1 aromatic heterocycles. The summed E-state index contributed by atoms with van der Waals surface area (Å²) >= 11 is 0. The molecule has 4 heteroatoms. The van der Waals surface area contributed by atoms with Crippen LogP contribution in [-0.2, 0) is 0 Å². The Balaban J connectivity index is 2.74. The molecule has 4 nitrogen and oxygen atoms in total. The summed E-state index contributed by atoms with van der Waals surface area (Å²) in [5.74, 6) is 6.62. The summed E-state index contributed by atoms with van der Waals surface area (Å²) in [6, 6.07) is 7.81. The fourth-order valence-electron chi connectivity index (χ4n) is 1.35. The van der Waals surface area contributed by atoms with Crippen LogP contribution in [0.1, 0.15) is 0 Å². The number of anilines is 1. The summed E-state index contributed by atoms with van der Waals surface area (Å²) in [5, 5.41) is 0. The number of nitrogens with two attached hydrogens (primary N) is 1. The Bertz CT molecular complexity index is 430. The maximum Gasteiger partial charge on any atom is 0.224 e. The van der Waals surface area contributed by atoms with E-state index in [0.29, 0.717) is 0 Å². The van der Waals surface area contributed by atoms with Gasteiger partial charge in [-0.15, -0.1) is 0 Å². The molecule has 0 atom stereocenters. The molecule has 1 heterocycles. The molecule has 2 aromatic rings. The van der Waals surface area contributed by atoms with Crippen LogP contribution in [0.5, 0.6) is 0 Å². The van der Waals surface area contributed by atoms with Gasteiger partial charge < -0.3 is 10.7 Å². The van der Waals surface area contributed by atoms with Gasteiger partial charge in [0.2, 0.25) is 5.95 Å². The second-order valence-electron chi connectivity index (χ2n) is 3.16. The first kappa shape index (κ1) is 7.91. The second kappa shape index (κ2) is 2.65. The van der Waals surface area contributed by atoms with Crippen molar-refractivity contribution in [1.29, 1.82) is 0 Å². The van der Waals surface area contributed by atoms with Gasteiger partial charge >= 0.3 is 0 Å². The predicted octanol–water partition coefficient (Wildman–Crippen LogP) is 0.816. The summed E-state index contributed by atoms with van der Waals surface area (Å²) in [4.78, 5) is 6.26. The summed E-state index contributed by atoms with van der Waals surface area (Å²) in [6.07, 6.45) is 0. The molecule has 13 heavy (non-hydrogen) atoms. The molecule has 2 rings (SSSR count). The van der Waals surface area contributed by atoms with Gasteiger partial charge in [0.15, 0.2) is 0 Å². The molecule has 0 fully saturated rings. The third kappa shape index (κ3) is 1.11. The molecule has 0 amide bonds. The molecule has 0 radical (unpaired) electrons. The third-order valence-electron chi connectivity index (χ3n) is 1.98. The molecule has 0 aliphatic carbocycles. The van der Waals surface area contributed by atoms with Crippen LogP contribution >= 0.6 is 0 Å². The van der Waals surface area contributed by atoms with Crippen molar-refractivity contribution in [2.24, 2.45) is 0 Å². The van der Waals surface area contributed by atoms with Crippen molar-refractivity contribution in [3.8, 4) is 0 Å². The topological polar surface area (TPSA) is 47.1 Å². The van der Waals surface area contributed by atoms with Crippen molar-refractivity contribution < 1.29 is 0 Å². The summed E-state index contributed by atoms with van der Waals surface area (Å²) < 4.78 is 1.59. The van der Waals surface area contributed by atoms with Crippen LogP contribution in [0.25, 0.3) is 11.0 Å². The van der Waals surface area contributed by atoms with Gasteiger partial charge in [-0.1, -0.05) is 12.1 Å². The van der Waals surface area contributed by atoms with E-state index in [0.717, 1.165) is 17.0 Å². The molecule has 0 aliphatic rings. The number of benzene rings is 1. The van der Waals surface area contributed by atoms with E-state index in [4.69, 9.17) is 5.84 Å². The molecular weight excluding hydrogens is 164 g/mol. The predicted molar refractivity (Wildman–Crippen MR) is 54.2 cm³/mol. The van der Waals surface area contributed by atoms with Gasteiger partial charge in [0.25, 0.3) is 0 Å². The monoisotopic (exact) mass is 176 g/mol. The van der Waals surface area contributed by atoms with Gasteiger partial charge in [-0.2, -0.15) is 0 Å². The molecule has 0 saturated carbocycles. The van der Waals surface area contributed by atoms with E-state index in [1.165, 1.54) is 0 Å². The Morgan fingerprint density at radius 2 is 2.00 bits per heavy atom. The number of nitrogen functional groups attached to an aromatic ring is 1. The highest BCUT2D eigenvalue weighted by molar-refractivity contribution is 5.78. The molecule has 0 aliphatic heterocycles. The first-order valence-corrected chi connectivity index (χ1v) is 4.10. The van der Waals surface area contributed by atoms with Gasteiger partial charge in [-0.25, -0.2) is 9.66 Å². The van der Waals surface area contributed by atoms with Crippen molar-refractivity contribution in [3.05, 3.63) is 24.3 Å². The van der Waals surface area contributed by atoms with Crippen LogP contribution in [-0.4, -0.2) is 23.8 Å². The highest BCUT2D eigenvalue weighted by Gasteiger charge is 2.08. The lowest BCUT2D eigenvalue weighted by atomic mass is 10.3. The van der Waals surface area contributed by atoms with Crippen LogP contribution in [0.4, 0.5) is 5.95 Å². The average molecular weight is 176 g/mol. The van der Waals surface area contributed by atoms with Crippen molar-refractivity contribution in [3.63, 3.8) is 0 Å². The van der Waals surface area contributed by atoms with Gasteiger partial charge in [0, 0.05) is 14.1 Å². The van der Waals surface area contributed by atoms with E-state index < -0.39 is 0 Å². The number of para-hydroxylation sites is 2. The van der Waals surface area contributed by atoms with Crippen molar-refractivity contribution in [2.75, 3.05) is 24.8 Å². The fourth-order valence-corrected chi connectivity index (χ4v) is 1.35. The largest absolute Gasteiger partial charge is 0.347 e. The maximum absolute atomic E-state index is 5.85. The molecule has 2 N–H and O–H groups in total. The summed E-state index contributed by atoms with van der Waals surface area (Å²) in [6.45, 7) is 0. The van der Waals surface area contributed by atoms with Gasteiger partial charge in [-0.05, 0) is 12.1 Å². The molecule has 0 spiro atoms. The van der Waals surface area contributed by atoms with Crippen LogP contribution < -0.4 is 10.7 Å². The van der Waals surface area contributed by atoms with Gasteiger partial charge in [0.1, 0.15) is 0 Å². The zero-order valence-corrected chi connectivity index (χ0v) is 7.73. The first-order valence-electron chi connectivity index (χ1n) is 4.10. The van der Waals surface area contributed by atoms with Crippen molar-refractivity contribution in [1.82, 2.24) is 9.66 Å². The number of hydrogen-bond acceptors (Lipinski definition) is 3. The normalized spacial score (nSPS) is 10.6. The van der Waals surface area contributed by atoms with Crippen molar-refractivity contribution >= 4 is 17.0 Å². The lowest BCUT2D eigenvalue weighted by molar-refractivity contribution is 0.941. The quantitative estimate of drug-likeness (QED) is 0.654. The van der Waals surface area contributed by atoms with Gasteiger partial charge in [0.05, 0.1) is 11.0 Å². The number of fused-ring (bicyclic) bond motifs is 1. The number of hydrogen-bond donors (Lipinski definition) is 1. The number of nitrogens with zero attached hydrogens (tertiary/aromatic N) is 3. The van der Waals surface area contributed by atoms with Crippen LogP contribution in [0.15, 0.2) is 24.3 Å². The average Bonchev–Trinajstić information content (AvgIpc) is 2.45. The second-order valence-corrected chi connectivity index (χ2v) is 3.16. The smallest absolute Gasteiger partial charge is 0.224 e. The van der Waals surface area contributed by atoms with E-state index in [1.54, 1.807) is 4.68 Å². The fraction of sp³-hybridized carbons (Fsp3) is 0.222. The van der Waals surface area contributed by atoms with Gasteiger partial charge in [-0.3, -0.25) is 0 Å². The number of rotatable bonds is 1. The van der Waals surface area contributed by atoms with E-state index in [9.17, 15) is 0 Å². The highest BCUT2D eigenvalue weighted by atomic mass is 15.4. The number of aromatic nitrogens is 2. The highest BCUT2D eigenvalue weighted by Crippen LogP contribution is 2.17. The standard InChI is InChI=1S/C9H12N4/c1-12(2)9-11-7-5-3-4-6-8(7)13(9)10/h3-6H,10H2,1-2H3. The maximum atomic E-state index is 5.85. The molecule has 0 bridgehead atoms. The third-order valence-corrected chi connectivity index (χ3v) is 1.98. The molecule has 68 valence electrons. The Morgan fingerprint density at radius 1 is 1.31 bits per heavy atom. The van der Waals surface area contributed by atoms with Crippen molar-refractivity contribution in [2.45, 2.75) is 0 Å². The SMILES string of the molecule is CN(C)c1nc2ccccc2n1N. The molecule has 0 unspecified atom stereocenters. The number of imidazole rings is 1.